The molecule has 0 bridgehead atoms. The van der Waals surface area contributed by atoms with Gasteiger partial charge >= 0.3 is 0 Å². The SMILES string of the molecule is COc1cccc(-c2nc3sc4c(c3c(=O)n2N)CCN(Cc2ccccc2)C4)c1. The summed E-state index contributed by atoms with van der Waals surface area (Å²) in [6, 6.07) is 17.9. The summed E-state index contributed by atoms with van der Waals surface area (Å²) in [6.45, 7) is 2.64. The van der Waals surface area contributed by atoms with Gasteiger partial charge < -0.3 is 10.6 Å². The third-order valence-electron chi connectivity index (χ3n) is 5.56. The first-order chi connectivity index (χ1) is 14.6. The van der Waals surface area contributed by atoms with Gasteiger partial charge in [0.1, 0.15) is 10.6 Å². The van der Waals surface area contributed by atoms with Gasteiger partial charge in [-0.3, -0.25) is 9.69 Å². The molecule has 4 aromatic rings. The Kier molecular flexibility index (Phi) is 4.77. The predicted molar refractivity (Wildman–Crippen MR) is 120 cm³/mol. The molecule has 0 aliphatic carbocycles. The number of aromatic nitrogens is 2. The van der Waals surface area contributed by atoms with Crippen molar-refractivity contribution in [2.45, 2.75) is 19.5 Å². The Labute approximate surface area is 178 Å². The summed E-state index contributed by atoms with van der Waals surface area (Å²) in [7, 11) is 1.61. The maximum Gasteiger partial charge on any atom is 0.281 e. The highest BCUT2D eigenvalue weighted by Gasteiger charge is 2.25. The van der Waals surface area contributed by atoms with E-state index >= 15 is 0 Å². The lowest BCUT2D eigenvalue weighted by Gasteiger charge is -2.26. The molecule has 0 radical (unpaired) electrons. The van der Waals surface area contributed by atoms with E-state index in [0.717, 1.165) is 42.0 Å². The molecule has 2 aromatic carbocycles. The Bertz CT molecular complexity index is 1280. The third kappa shape index (κ3) is 3.26. The van der Waals surface area contributed by atoms with Crippen molar-refractivity contribution in [3.05, 3.63) is 81.0 Å². The number of nitrogens with two attached hydrogens (primary N) is 1. The lowest BCUT2D eigenvalue weighted by molar-refractivity contribution is 0.249. The van der Waals surface area contributed by atoms with E-state index in [-0.39, 0.29) is 5.56 Å². The highest BCUT2D eigenvalue weighted by molar-refractivity contribution is 7.18. The van der Waals surface area contributed by atoms with Crippen LogP contribution in [0.3, 0.4) is 0 Å². The molecule has 0 fully saturated rings. The van der Waals surface area contributed by atoms with Crippen LogP contribution in [0.15, 0.2) is 59.4 Å². The number of nitrogens with zero attached hydrogens (tertiary/aromatic N) is 3. The van der Waals surface area contributed by atoms with Crippen molar-refractivity contribution >= 4 is 21.6 Å². The molecule has 0 saturated carbocycles. The van der Waals surface area contributed by atoms with Crippen LogP contribution in [0.2, 0.25) is 0 Å². The summed E-state index contributed by atoms with van der Waals surface area (Å²) in [5.74, 6) is 7.34. The molecule has 152 valence electrons. The van der Waals surface area contributed by atoms with Crippen LogP contribution in [0.5, 0.6) is 5.75 Å². The standard InChI is InChI=1S/C23H22N4O2S/c1-29-17-9-5-8-16(12-17)21-25-22-20(23(28)27(21)24)18-10-11-26(14-19(18)30-22)13-15-6-3-2-4-7-15/h2-9,12H,10-11,13-14,24H2,1H3. The Morgan fingerprint density at radius 1 is 1.17 bits per heavy atom. The molecule has 30 heavy (non-hydrogen) atoms. The normalized spacial score (nSPS) is 14.0. The first kappa shape index (κ1) is 18.8. The minimum atomic E-state index is -0.188. The molecule has 0 amide bonds. The first-order valence-electron chi connectivity index (χ1n) is 9.87. The minimum absolute atomic E-state index is 0.188. The second kappa shape index (κ2) is 7.59. The summed E-state index contributed by atoms with van der Waals surface area (Å²) < 4.78 is 6.47. The lowest BCUT2D eigenvalue weighted by atomic mass is 10.0. The van der Waals surface area contributed by atoms with Crippen molar-refractivity contribution in [1.82, 2.24) is 14.6 Å². The molecule has 2 N–H and O–H groups in total. The fourth-order valence-electron chi connectivity index (χ4n) is 4.05. The van der Waals surface area contributed by atoms with Gasteiger partial charge in [0.25, 0.3) is 5.56 Å². The van der Waals surface area contributed by atoms with Crippen LogP contribution >= 0.6 is 11.3 Å². The zero-order valence-corrected chi connectivity index (χ0v) is 17.5. The largest absolute Gasteiger partial charge is 0.497 e. The van der Waals surface area contributed by atoms with Crippen molar-refractivity contribution in [3.8, 4) is 17.1 Å². The van der Waals surface area contributed by atoms with Gasteiger partial charge in [-0.1, -0.05) is 42.5 Å². The molecule has 3 heterocycles. The number of hydrogen-bond acceptors (Lipinski definition) is 6. The van der Waals surface area contributed by atoms with Crippen molar-refractivity contribution in [2.24, 2.45) is 0 Å². The molecular formula is C23H22N4O2S. The second-order valence-electron chi connectivity index (χ2n) is 7.47. The van der Waals surface area contributed by atoms with Crippen LogP contribution < -0.4 is 16.1 Å². The number of methoxy groups -OCH3 is 1. The Balaban J connectivity index is 1.54. The topological polar surface area (TPSA) is 73.4 Å². The molecule has 0 atom stereocenters. The number of fused-ring (bicyclic) bond motifs is 3. The number of nitrogen functional groups attached to an aromatic ring is 1. The average Bonchev–Trinajstić information content (AvgIpc) is 3.14. The highest BCUT2D eigenvalue weighted by Crippen LogP contribution is 2.34. The molecular weight excluding hydrogens is 396 g/mol. The predicted octanol–water partition coefficient (Wildman–Crippen LogP) is 3.41. The maximum atomic E-state index is 13.1. The summed E-state index contributed by atoms with van der Waals surface area (Å²) in [5.41, 5.74) is 2.97. The molecule has 0 unspecified atom stereocenters. The Morgan fingerprint density at radius 3 is 2.80 bits per heavy atom. The lowest BCUT2D eigenvalue weighted by Crippen LogP contribution is -2.32. The third-order valence-corrected chi connectivity index (χ3v) is 6.67. The van der Waals surface area contributed by atoms with Crippen LogP contribution in [-0.2, 0) is 19.5 Å². The van der Waals surface area contributed by atoms with Crippen LogP contribution in [0.25, 0.3) is 21.6 Å². The first-order valence-corrected chi connectivity index (χ1v) is 10.7. The van der Waals surface area contributed by atoms with E-state index in [0.29, 0.717) is 17.0 Å². The quantitative estimate of drug-likeness (QED) is 0.514. The molecule has 0 saturated heterocycles. The van der Waals surface area contributed by atoms with Gasteiger partial charge in [0.2, 0.25) is 0 Å². The van der Waals surface area contributed by atoms with E-state index in [1.54, 1.807) is 18.4 Å². The smallest absolute Gasteiger partial charge is 0.281 e. The van der Waals surface area contributed by atoms with Gasteiger partial charge in [-0.2, -0.15) is 0 Å². The van der Waals surface area contributed by atoms with Crippen LogP contribution in [0.4, 0.5) is 0 Å². The molecule has 5 rings (SSSR count). The summed E-state index contributed by atoms with van der Waals surface area (Å²) in [5, 5.41) is 0.670. The van der Waals surface area contributed by atoms with Crippen molar-refractivity contribution < 1.29 is 4.74 Å². The number of rotatable bonds is 4. The number of benzene rings is 2. The van der Waals surface area contributed by atoms with Crippen LogP contribution in [-0.4, -0.2) is 28.2 Å². The summed E-state index contributed by atoms with van der Waals surface area (Å²) in [6.07, 6.45) is 0.831. The van der Waals surface area contributed by atoms with Crippen molar-refractivity contribution in [3.63, 3.8) is 0 Å². The van der Waals surface area contributed by atoms with Gasteiger partial charge in [0.15, 0.2) is 5.82 Å². The van der Waals surface area contributed by atoms with E-state index in [9.17, 15) is 4.79 Å². The van der Waals surface area contributed by atoms with E-state index in [2.05, 4.69) is 29.2 Å². The molecule has 1 aliphatic rings. The fraction of sp³-hybridized carbons (Fsp3) is 0.217. The van der Waals surface area contributed by atoms with Crippen molar-refractivity contribution in [1.29, 1.82) is 0 Å². The zero-order valence-electron chi connectivity index (χ0n) is 16.7. The zero-order chi connectivity index (χ0) is 20.7. The van der Waals surface area contributed by atoms with Gasteiger partial charge in [0, 0.05) is 30.1 Å². The molecule has 0 spiro atoms. The highest BCUT2D eigenvalue weighted by atomic mass is 32.1. The second-order valence-corrected chi connectivity index (χ2v) is 8.56. The number of ether oxygens (including phenoxy) is 1. The van der Waals surface area contributed by atoms with Crippen molar-refractivity contribution in [2.75, 3.05) is 19.5 Å². The molecule has 6 nitrogen and oxygen atoms in total. The van der Waals surface area contributed by atoms with Gasteiger partial charge in [-0.05, 0) is 29.7 Å². The molecule has 2 aromatic heterocycles. The minimum Gasteiger partial charge on any atom is -0.497 e. The maximum absolute atomic E-state index is 13.1. The Hall–Kier alpha value is -3.16. The number of thiophene rings is 1. The monoisotopic (exact) mass is 418 g/mol. The summed E-state index contributed by atoms with van der Waals surface area (Å²) in [4.78, 5) is 22.3. The van der Waals surface area contributed by atoms with E-state index in [1.807, 2.05) is 30.3 Å². The van der Waals surface area contributed by atoms with E-state index < -0.39 is 0 Å². The van der Waals surface area contributed by atoms with Gasteiger partial charge in [-0.15, -0.1) is 11.3 Å². The van der Waals surface area contributed by atoms with Crippen LogP contribution in [0, 0.1) is 0 Å². The van der Waals surface area contributed by atoms with E-state index in [1.165, 1.54) is 15.1 Å². The van der Waals surface area contributed by atoms with E-state index in [4.69, 9.17) is 15.6 Å². The molecule has 7 heteroatoms. The summed E-state index contributed by atoms with van der Waals surface area (Å²) >= 11 is 1.60. The Morgan fingerprint density at radius 2 is 2.00 bits per heavy atom. The number of hydrogen-bond donors (Lipinski definition) is 1. The molecule has 1 aliphatic heterocycles. The fourth-order valence-corrected chi connectivity index (χ4v) is 5.30. The average molecular weight is 419 g/mol. The van der Waals surface area contributed by atoms with Crippen LogP contribution in [0.1, 0.15) is 16.0 Å². The van der Waals surface area contributed by atoms with Gasteiger partial charge in [0.05, 0.1) is 12.5 Å². The van der Waals surface area contributed by atoms with Gasteiger partial charge in [-0.25, -0.2) is 9.66 Å².